The lowest BCUT2D eigenvalue weighted by molar-refractivity contribution is -0.115. The maximum Gasteiger partial charge on any atom is 0.338 e. The lowest BCUT2D eigenvalue weighted by Gasteiger charge is -2.08. The van der Waals surface area contributed by atoms with Gasteiger partial charge in [-0.3, -0.25) is 9.59 Å². The number of amides is 2. The van der Waals surface area contributed by atoms with Crippen molar-refractivity contribution in [3.05, 3.63) is 59.7 Å². The smallest absolute Gasteiger partial charge is 0.338 e. The molecule has 26 heavy (non-hydrogen) atoms. The largest absolute Gasteiger partial charge is 0.497 e. The summed E-state index contributed by atoms with van der Waals surface area (Å²) in [6, 6.07) is 12.9. The maximum absolute atomic E-state index is 12.1. The van der Waals surface area contributed by atoms with E-state index in [0.717, 1.165) is 0 Å². The van der Waals surface area contributed by atoms with Crippen molar-refractivity contribution >= 4 is 23.5 Å². The van der Waals surface area contributed by atoms with Crippen LogP contribution in [0.2, 0.25) is 0 Å². The van der Waals surface area contributed by atoms with E-state index in [-0.39, 0.29) is 18.4 Å². The van der Waals surface area contributed by atoms with Gasteiger partial charge in [0.25, 0.3) is 5.91 Å². The third kappa shape index (κ3) is 5.34. The summed E-state index contributed by atoms with van der Waals surface area (Å²) in [5.41, 5.74) is 1.31. The van der Waals surface area contributed by atoms with Gasteiger partial charge in [0.2, 0.25) is 5.91 Å². The van der Waals surface area contributed by atoms with Gasteiger partial charge in [-0.25, -0.2) is 4.79 Å². The molecule has 0 spiro atoms. The van der Waals surface area contributed by atoms with E-state index in [4.69, 9.17) is 9.47 Å². The number of benzene rings is 2. The molecule has 2 amide bonds. The van der Waals surface area contributed by atoms with E-state index in [1.54, 1.807) is 55.5 Å². The van der Waals surface area contributed by atoms with E-state index in [9.17, 15) is 14.4 Å². The van der Waals surface area contributed by atoms with Crippen LogP contribution in [-0.4, -0.2) is 38.0 Å². The molecular weight excluding hydrogens is 336 g/mol. The monoisotopic (exact) mass is 356 g/mol. The lowest BCUT2D eigenvalue weighted by atomic mass is 10.2. The fourth-order valence-corrected chi connectivity index (χ4v) is 2.14. The van der Waals surface area contributed by atoms with Crippen LogP contribution in [0.3, 0.4) is 0 Å². The SMILES string of the molecule is CCOC(=O)c1ccc(NC(=O)CNC(=O)c2cccc(OC)c2)cc1. The molecule has 136 valence electrons. The van der Waals surface area contributed by atoms with E-state index >= 15 is 0 Å². The average molecular weight is 356 g/mol. The molecule has 7 nitrogen and oxygen atoms in total. The highest BCUT2D eigenvalue weighted by molar-refractivity contribution is 5.99. The Hall–Kier alpha value is -3.35. The molecule has 7 heteroatoms. The van der Waals surface area contributed by atoms with Crippen molar-refractivity contribution in [3.8, 4) is 5.75 Å². The molecule has 0 aliphatic rings. The standard InChI is InChI=1S/C19H20N2O5/c1-3-26-19(24)13-7-9-15(10-8-13)21-17(22)12-20-18(23)14-5-4-6-16(11-14)25-2/h4-11H,3,12H2,1-2H3,(H,20,23)(H,21,22). The summed E-state index contributed by atoms with van der Waals surface area (Å²) in [7, 11) is 1.51. The highest BCUT2D eigenvalue weighted by Crippen LogP contribution is 2.12. The Morgan fingerprint density at radius 3 is 2.38 bits per heavy atom. The number of methoxy groups -OCH3 is 1. The van der Waals surface area contributed by atoms with Crippen molar-refractivity contribution in [2.24, 2.45) is 0 Å². The van der Waals surface area contributed by atoms with Crippen LogP contribution in [0.5, 0.6) is 5.75 Å². The second-order valence-corrected chi connectivity index (χ2v) is 5.26. The highest BCUT2D eigenvalue weighted by Gasteiger charge is 2.10. The molecule has 0 bridgehead atoms. The van der Waals surface area contributed by atoms with Gasteiger partial charge in [0.15, 0.2) is 0 Å². The Balaban J connectivity index is 1.86. The van der Waals surface area contributed by atoms with E-state index in [2.05, 4.69) is 10.6 Å². The minimum Gasteiger partial charge on any atom is -0.497 e. The zero-order chi connectivity index (χ0) is 18.9. The van der Waals surface area contributed by atoms with Gasteiger partial charge < -0.3 is 20.1 Å². The fourth-order valence-electron chi connectivity index (χ4n) is 2.14. The Bertz CT molecular complexity index is 787. The molecule has 0 aromatic heterocycles. The van der Waals surface area contributed by atoms with Gasteiger partial charge in [-0.15, -0.1) is 0 Å². The molecule has 0 saturated heterocycles. The Morgan fingerprint density at radius 2 is 1.73 bits per heavy atom. The van der Waals surface area contributed by atoms with E-state index < -0.39 is 5.97 Å². The van der Waals surface area contributed by atoms with Crippen LogP contribution in [0.1, 0.15) is 27.6 Å². The van der Waals surface area contributed by atoms with Crippen molar-refractivity contribution < 1.29 is 23.9 Å². The first kappa shape index (κ1) is 19.0. The summed E-state index contributed by atoms with van der Waals surface area (Å²) in [6.45, 7) is 1.84. The van der Waals surface area contributed by atoms with Crippen molar-refractivity contribution in [2.75, 3.05) is 25.6 Å². The zero-order valence-electron chi connectivity index (χ0n) is 14.6. The number of ether oxygens (including phenoxy) is 2. The molecule has 0 aliphatic carbocycles. The van der Waals surface area contributed by atoms with E-state index in [0.29, 0.717) is 29.2 Å². The number of rotatable bonds is 7. The number of nitrogens with one attached hydrogen (secondary N) is 2. The minimum absolute atomic E-state index is 0.185. The normalized spacial score (nSPS) is 9.92. The molecule has 0 unspecified atom stereocenters. The maximum atomic E-state index is 12.1. The van der Waals surface area contributed by atoms with Gasteiger partial charge >= 0.3 is 5.97 Å². The van der Waals surface area contributed by atoms with E-state index in [1.807, 2.05) is 0 Å². The number of esters is 1. The van der Waals surface area contributed by atoms with Crippen molar-refractivity contribution in [1.29, 1.82) is 0 Å². The summed E-state index contributed by atoms with van der Waals surface area (Å²) in [5, 5.41) is 5.17. The molecule has 2 aromatic carbocycles. The van der Waals surface area contributed by atoms with Crippen molar-refractivity contribution in [1.82, 2.24) is 5.32 Å². The molecule has 0 atom stereocenters. The number of carbonyl (C=O) groups is 3. The third-order valence-electron chi connectivity index (χ3n) is 3.42. The molecule has 0 saturated carbocycles. The van der Waals surface area contributed by atoms with Crippen LogP contribution in [0, 0.1) is 0 Å². The van der Waals surface area contributed by atoms with E-state index in [1.165, 1.54) is 7.11 Å². The van der Waals surface area contributed by atoms with Gasteiger partial charge in [0, 0.05) is 11.3 Å². The number of anilines is 1. The first-order valence-electron chi connectivity index (χ1n) is 8.02. The Morgan fingerprint density at radius 1 is 1.00 bits per heavy atom. The van der Waals surface area contributed by atoms with Crippen LogP contribution >= 0.6 is 0 Å². The molecule has 0 fully saturated rings. The van der Waals surface area contributed by atoms with Crippen LogP contribution in [0.4, 0.5) is 5.69 Å². The van der Waals surface area contributed by atoms with Gasteiger partial charge in [0.1, 0.15) is 5.75 Å². The number of carbonyl (C=O) groups excluding carboxylic acids is 3. The lowest BCUT2D eigenvalue weighted by Crippen LogP contribution is -2.32. The number of hydrogen-bond acceptors (Lipinski definition) is 5. The van der Waals surface area contributed by atoms with Crippen LogP contribution in [0.15, 0.2) is 48.5 Å². The Kier molecular flexibility index (Phi) is 6.73. The summed E-state index contributed by atoms with van der Waals surface area (Å²) in [5.74, 6) is -0.624. The fraction of sp³-hybridized carbons (Fsp3) is 0.211. The summed E-state index contributed by atoms with van der Waals surface area (Å²) >= 11 is 0. The molecule has 0 aliphatic heterocycles. The number of hydrogen-bond donors (Lipinski definition) is 2. The van der Waals surface area contributed by atoms with Crippen molar-refractivity contribution in [3.63, 3.8) is 0 Å². The quantitative estimate of drug-likeness (QED) is 0.742. The molecular formula is C19H20N2O5. The van der Waals surface area contributed by atoms with Gasteiger partial charge in [-0.2, -0.15) is 0 Å². The van der Waals surface area contributed by atoms with Crippen LogP contribution < -0.4 is 15.4 Å². The van der Waals surface area contributed by atoms with Gasteiger partial charge in [0.05, 0.1) is 25.8 Å². The summed E-state index contributed by atoms with van der Waals surface area (Å²) < 4.78 is 9.95. The van der Waals surface area contributed by atoms with Crippen molar-refractivity contribution in [2.45, 2.75) is 6.92 Å². The predicted octanol–water partition coefficient (Wildman–Crippen LogP) is 2.24. The predicted molar refractivity (Wildman–Crippen MR) is 96.4 cm³/mol. The first-order valence-corrected chi connectivity index (χ1v) is 8.02. The molecule has 2 rings (SSSR count). The average Bonchev–Trinajstić information content (AvgIpc) is 2.67. The molecule has 0 heterocycles. The van der Waals surface area contributed by atoms with Gasteiger partial charge in [-0.05, 0) is 49.4 Å². The van der Waals surface area contributed by atoms with Crippen LogP contribution in [0.25, 0.3) is 0 Å². The molecule has 0 radical (unpaired) electrons. The zero-order valence-corrected chi connectivity index (χ0v) is 14.6. The molecule has 2 aromatic rings. The second-order valence-electron chi connectivity index (χ2n) is 5.26. The second kappa shape index (κ2) is 9.22. The first-order chi connectivity index (χ1) is 12.5. The summed E-state index contributed by atoms with van der Waals surface area (Å²) in [6.07, 6.45) is 0. The topological polar surface area (TPSA) is 93.7 Å². The third-order valence-corrected chi connectivity index (χ3v) is 3.42. The highest BCUT2D eigenvalue weighted by atomic mass is 16.5. The minimum atomic E-state index is -0.420. The summed E-state index contributed by atoms with van der Waals surface area (Å²) in [4.78, 5) is 35.6. The van der Waals surface area contributed by atoms with Gasteiger partial charge in [-0.1, -0.05) is 6.07 Å². The van der Waals surface area contributed by atoms with Crippen LogP contribution in [-0.2, 0) is 9.53 Å². The molecule has 2 N–H and O–H groups in total. The Labute approximate surface area is 151 Å².